The van der Waals surface area contributed by atoms with E-state index in [4.69, 9.17) is 4.74 Å². The summed E-state index contributed by atoms with van der Waals surface area (Å²) in [6.07, 6.45) is 3.42. The van der Waals surface area contributed by atoms with E-state index >= 15 is 0 Å². The number of amides is 1. The third-order valence-corrected chi connectivity index (χ3v) is 3.86. The second-order valence-corrected chi connectivity index (χ2v) is 5.63. The Morgan fingerprint density at radius 3 is 2.46 bits per heavy atom. The zero-order valence-electron chi connectivity index (χ0n) is 15.1. The van der Waals surface area contributed by atoms with Gasteiger partial charge in [0.1, 0.15) is 6.04 Å². The first kappa shape index (κ1) is 21.7. The number of ether oxygens (including phenoxy) is 1. The normalized spacial score (nSPS) is 12.6. The number of hydrogen-bond acceptors (Lipinski definition) is 5. The number of aryl methyl sites for hydroxylation is 1. The maximum Gasteiger partial charge on any atom is 0.315 e. The Bertz CT molecular complexity index is 705. The first-order valence-electron chi connectivity index (χ1n) is 8.21. The minimum atomic E-state index is -0.545. The summed E-state index contributed by atoms with van der Waals surface area (Å²) in [5.74, 6) is -1.12. The number of esters is 1. The molecule has 0 radical (unpaired) electrons. The van der Waals surface area contributed by atoms with Crippen LogP contribution in [0.1, 0.15) is 30.0 Å². The number of rotatable bonds is 8. The van der Waals surface area contributed by atoms with E-state index in [1.54, 1.807) is 38.1 Å². The smallest absolute Gasteiger partial charge is 0.315 e. The Labute approximate surface area is 159 Å². The molecule has 0 aliphatic carbocycles. The molecule has 2 N–H and O–H groups in total. The van der Waals surface area contributed by atoms with Gasteiger partial charge in [0, 0.05) is 25.4 Å². The summed E-state index contributed by atoms with van der Waals surface area (Å²) in [7, 11) is 3.50. The van der Waals surface area contributed by atoms with Gasteiger partial charge in [-0.15, -0.1) is 12.4 Å². The molecule has 0 bridgehead atoms. The minimum absolute atomic E-state index is 0. The lowest BCUT2D eigenvalue weighted by atomic mass is 9.99. The third-order valence-electron chi connectivity index (χ3n) is 3.86. The van der Waals surface area contributed by atoms with Gasteiger partial charge < -0.3 is 15.4 Å². The molecule has 2 unspecified atom stereocenters. The van der Waals surface area contributed by atoms with Crippen LogP contribution in [0.2, 0.25) is 0 Å². The second-order valence-electron chi connectivity index (χ2n) is 5.63. The fraction of sp³-hybridized carbons (Fsp3) is 0.389. The highest BCUT2D eigenvalue weighted by atomic mass is 35.5. The Hall–Kier alpha value is -2.38. The van der Waals surface area contributed by atoms with Crippen LogP contribution in [-0.4, -0.2) is 41.9 Å². The average molecular weight is 381 g/mol. The van der Waals surface area contributed by atoms with Gasteiger partial charge in [0.25, 0.3) is 0 Å². The van der Waals surface area contributed by atoms with Crippen LogP contribution in [0.3, 0.4) is 0 Å². The molecule has 2 atom stereocenters. The van der Waals surface area contributed by atoms with Gasteiger partial charge in [-0.2, -0.15) is 5.10 Å². The fourth-order valence-electron chi connectivity index (χ4n) is 2.61. The largest absolute Gasteiger partial charge is 0.465 e. The summed E-state index contributed by atoms with van der Waals surface area (Å²) in [4.78, 5) is 24.8. The molecule has 1 amide bonds. The number of nitrogens with zero attached hydrogens (tertiary/aromatic N) is 2. The van der Waals surface area contributed by atoms with Crippen molar-refractivity contribution in [1.29, 1.82) is 0 Å². The Morgan fingerprint density at radius 1 is 1.23 bits per heavy atom. The zero-order valence-corrected chi connectivity index (χ0v) is 16.0. The molecule has 0 saturated heterocycles. The van der Waals surface area contributed by atoms with Crippen molar-refractivity contribution in [2.75, 3.05) is 20.2 Å². The van der Waals surface area contributed by atoms with Gasteiger partial charge in [0.2, 0.25) is 5.91 Å². The van der Waals surface area contributed by atoms with Crippen molar-refractivity contribution in [3.63, 3.8) is 0 Å². The van der Waals surface area contributed by atoms with E-state index in [1.807, 2.05) is 30.3 Å². The summed E-state index contributed by atoms with van der Waals surface area (Å²) >= 11 is 0. The molecule has 1 aromatic heterocycles. The van der Waals surface area contributed by atoms with E-state index in [0.717, 1.165) is 11.1 Å². The predicted molar refractivity (Wildman–Crippen MR) is 101 cm³/mol. The predicted octanol–water partition coefficient (Wildman–Crippen LogP) is 1.57. The van der Waals surface area contributed by atoms with E-state index in [2.05, 4.69) is 15.7 Å². The SMILES string of the molecule is CCOC(=O)C(CNC(=O)C(NC)c1cnn(C)c1)c1ccccc1.Cl. The number of carbonyl (C=O) groups is 2. The Morgan fingerprint density at radius 2 is 1.92 bits per heavy atom. The monoisotopic (exact) mass is 380 g/mol. The summed E-state index contributed by atoms with van der Waals surface area (Å²) in [5, 5.41) is 9.89. The molecular weight excluding hydrogens is 356 g/mol. The van der Waals surface area contributed by atoms with E-state index in [0.29, 0.717) is 6.61 Å². The van der Waals surface area contributed by atoms with E-state index in [9.17, 15) is 9.59 Å². The number of carbonyl (C=O) groups excluding carboxylic acids is 2. The van der Waals surface area contributed by atoms with Gasteiger partial charge in [0.15, 0.2) is 0 Å². The summed E-state index contributed by atoms with van der Waals surface area (Å²) in [6.45, 7) is 2.23. The van der Waals surface area contributed by atoms with Gasteiger partial charge in [0.05, 0.1) is 18.7 Å². The van der Waals surface area contributed by atoms with Crippen molar-refractivity contribution in [3.8, 4) is 0 Å². The van der Waals surface area contributed by atoms with E-state index in [-0.39, 0.29) is 30.8 Å². The van der Waals surface area contributed by atoms with Crippen molar-refractivity contribution < 1.29 is 14.3 Å². The number of halogens is 1. The number of benzene rings is 1. The summed E-state index contributed by atoms with van der Waals surface area (Å²) in [6, 6.07) is 8.76. The summed E-state index contributed by atoms with van der Waals surface area (Å²) in [5.41, 5.74) is 1.57. The highest BCUT2D eigenvalue weighted by Crippen LogP contribution is 2.18. The molecule has 2 rings (SSSR count). The van der Waals surface area contributed by atoms with Crippen LogP contribution >= 0.6 is 12.4 Å². The molecule has 0 saturated carbocycles. The third kappa shape index (κ3) is 5.57. The average Bonchev–Trinajstić information content (AvgIpc) is 3.03. The van der Waals surface area contributed by atoms with Crippen LogP contribution in [0.5, 0.6) is 0 Å². The minimum Gasteiger partial charge on any atom is -0.465 e. The molecule has 0 fully saturated rings. The second kappa shape index (κ2) is 10.6. The highest BCUT2D eigenvalue weighted by Gasteiger charge is 2.25. The van der Waals surface area contributed by atoms with Crippen LogP contribution < -0.4 is 10.6 Å². The van der Waals surface area contributed by atoms with Crippen molar-refractivity contribution in [2.45, 2.75) is 18.9 Å². The molecule has 0 aliphatic rings. The van der Waals surface area contributed by atoms with Crippen LogP contribution in [0, 0.1) is 0 Å². The quantitative estimate of drug-likeness (QED) is 0.679. The zero-order chi connectivity index (χ0) is 18.2. The molecular formula is C18H25ClN4O3. The van der Waals surface area contributed by atoms with Crippen molar-refractivity contribution in [3.05, 3.63) is 53.9 Å². The molecule has 26 heavy (non-hydrogen) atoms. The van der Waals surface area contributed by atoms with E-state index < -0.39 is 12.0 Å². The Kier molecular flexibility index (Phi) is 8.81. The van der Waals surface area contributed by atoms with Gasteiger partial charge >= 0.3 is 5.97 Å². The number of hydrogen-bond donors (Lipinski definition) is 2. The van der Waals surface area contributed by atoms with Crippen LogP contribution in [0.15, 0.2) is 42.7 Å². The lowest BCUT2D eigenvalue weighted by Crippen LogP contribution is -2.39. The van der Waals surface area contributed by atoms with E-state index in [1.165, 1.54) is 0 Å². The van der Waals surface area contributed by atoms with Gasteiger partial charge in [-0.25, -0.2) is 0 Å². The topological polar surface area (TPSA) is 85.2 Å². The number of aromatic nitrogens is 2. The first-order chi connectivity index (χ1) is 12.1. The first-order valence-corrected chi connectivity index (χ1v) is 8.21. The fourth-order valence-corrected chi connectivity index (χ4v) is 2.61. The molecule has 8 heteroatoms. The summed E-state index contributed by atoms with van der Waals surface area (Å²) < 4.78 is 6.78. The van der Waals surface area contributed by atoms with Gasteiger partial charge in [-0.05, 0) is 19.5 Å². The molecule has 142 valence electrons. The lowest BCUT2D eigenvalue weighted by Gasteiger charge is -2.19. The number of nitrogens with one attached hydrogen (secondary N) is 2. The van der Waals surface area contributed by atoms with Crippen LogP contribution in [0.4, 0.5) is 0 Å². The molecule has 2 aromatic rings. The number of likely N-dealkylation sites (N-methyl/N-ethyl adjacent to an activating group) is 1. The van der Waals surface area contributed by atoms with Gasteiger partial charge in [-0.3, -0.25) is 14.3 Å². The van der Waals surface area contributed by atoms with Crippen LogP contribution in [-0.2, 0) is 21.4 Å². The van der Waals surface area contributed by atoms with Crippen molar-refractivity contribution >= 4 is 24.3 Å². The van der Waals surface area contributed by atoms with Crippen LogP contribution in [0.25, 0.3) is 0 Å². The Balaban J connectivity index is 0.00000338. The molecule has 0 spiro atoms. The molecule has 1 heterocycles. The molecule has 1 aromatic carbocycles. The standard InChI is InChI=1S/C18H24N4O3.ClH/c1-4-25-18(24)15(13-8-6-5-7-9-13)11-20-17(23)16(19-2)14-10-21-22(3)12-14;/h5-10,12,15-16,19H,4,11H2,1-3H3,(H,20,23);1H. The maximum atomic E-state index is 12.5. The molecule has 0 aliphatic heterocycles. The van der Waals surface area contributed by atoms with Gasteiger partial charge in [-0.1, -0.05) is 30.3 Å². The maximum absolute atomic E-state index is 12.5. The van der Waals surface area contributed by atoms with Crippen molar-refractivity contribution in [2.24, 2.45) is 7.05 Å². The molecule has 7 nitrogen and oxygen atoms in total. The lowest BCUT2D eigenvalue weighted by molar-refractivity contribution is -0.144. The van der Waals surface area contributed by atoms with Crippen molar-refractivity contribution in [1.82, 2.24) is 20.4 Å². The highest BCUT2D eigenvalue weighted by molar-refractivity contribution is 5.85.